The lowest BCUT2D eigenvalue weighted by Crippen LogP contribution is -2.08. The molecule has 1 N–H and O–H groups in total. The van der Waals surface area contributed by atoms with Crippen molar-refractivity contribution in [2.75, 3.05) is 12.4 Å². The summed E-state index contributed by atoms with van der Waals surface area (Å²) < 4.78 is 5.29. The standard InChI is InChI=1S/C15H15ClN4O/c1-9-10(2)19-20-15(11(9)7-17)18-8-12-13(16)5-4-6-14(12)21-3/h4-6H,8H2,1-3H3,(H,18,20). The van der Waals surface area contributed by atoms with Gasteiger partial charge in [0, 0.05) is 17.1 Å². The van der Waals surface area contributed by atoms with Gasteiger partial charge in [-0.05, 0) is 31.5 Å². The number of aromatic nitrogens is 2. The van der Waals surface area contributed by atoms with Gasteiger partial charge in [-0.15, -0.1) is 5.10 Å². The number of anilines is 1. The number of hydrogen-bond donors (Lipinski definition) is 1. The van der Waals surface area contributed by atoms with Gasteiger partial charge in [0.25, 0.3) is 0 Å². The van der Waals surface area contributed by atoms with Crippen molar-refractivity contribution in [2.24, 2.45) is 0 Å². The van der Waals surface area contributed by atoms with E-state index < -0.39 is 0 Å². The van der Waals surface area contributed by atoms with E-state index in [1.165, 1.54) is 0 Å². The molecule has 0 aliphatic rings. The highest BCUT2D eigenvalue weighted by Crippen LogP contribution is 2.27. The lowest BCUT2D eigenvalue weighted by Gasteiger charge is -2.13. The van der Waals surface area contributed by atoms with E-state index in [2.05, 4.69) is 21.6 Å². The average molecular weight is 303 g/mol. The van der Waals surface area contributed by atoms with Crippen LogP contribution in [0.5, 0.6) is 5.75 Å². The molecule has 108 valence electrons. The topological polar surface area (TPSA) is 70.8 Å². The maximum atomic E-state index is 9.27. The van der Waals surface area contributed by atoms with Gasteiger partial charge >= 0.3 is 0 Å². The summed E-state index contributed by atoms with van der Waals surface area (Å²) in [6.45, 7) is 4.07. The van der Waals surface area contributed by atoms with Crippen molar-refractivity contribution in [3.63, 3.8) is 0 Å². The third-order valence-electron chi connectivity index (χ3n) is 3.29. The average Bonchev–Trinajstić information content (AvgIpc) is 2.49. The molecule has 0 amide bonds. The molecular formula is C15H15ClN4O. The van der Waals surface area contributed by atoms with E-state index in [1.54, 1.807) is 13.2 Å². The van der Waals surface area contributed by atoms with Crippen LogP contribution >= 0.6 is 11.6 Å². The van der Waals surface area contributed by atoms with E-state index in [0.717, 1.165) is 16.8 Å². The number of aryl methyl sites for hydroxylation is 1. The Bertz CT molecular complexity index is 710. The number of rotatable bonds is 4. The molecule has 1 aromatic heterocycles. The molecule has 1 heterocycles. The summed E-state index contributed by atoms with van der Waals surface area (Å²) in [5.74, 6) is 1.13. The van der Waals surface area contributed by atoms with Crippen LogP contribution in [0.1, 0.15) is 22.4 Å². The first-order valence-electron chi connectivity index (χ1n) is 6.37. The van der Waals surface area contributed by atoms with Gasteiger partial charge in [0.15, 0.2) is 5.82 Å². The molecule has 0 saturated carbocycles. The molecule has 6 heteroatoms. The Hall–Kier alpha value is -2.32. The number of nitrogens with zero attached hydrogens (tertiary/aromatic N) is 3. The zero-order valence-corrected chi connectivity index (χ0v) is 12.8. The van der Waals surface area contributed by atoms with Crippen LogP contribution in [0.15, 0.2) is 18.2 Å². The van der Waals surface area contributed by atoms with Crippen molar-refractivity contribution in [3.05, 3.63) is 45.6 Å². The SMILES string of the molecule is COc1cccc(Cl)c1CNc1nnc(C)c(C)c1C#N. The predicted molar refractivity (Wildman–Crippen MR) is 81.6 cm³/mol. The van der Waals surface area contributed by atoms with Crippen LogP contribution < -0.4 is 10.1 Å². The Morgan fingerprint density at radius 1 is 1.33 bits per heavy atom. The van der Waals surface area contributed by atoms with Gasteiger partial charge in [-0.1, -0.05) is 17.7 Å². The highest BCUT2D eigenvalue weighted by Gasteiger charge is 2.12. The number of ether oxygens (including phenoxy) is 1. The first-order chi connectivity index (χ1) is 10.1. The molecule has 0 saturated heterocycles. The fourth-order valence-electron chi connectivity index (χ4n) is 1.94. The first-order valence-corrected chi connectivity index (χ1v) is 6.75. The van der Waals surface area contributed by atoms with Gasteiger partial charge in [-0.25, -0.2) is 0 Å². The van der Waals surface area contributed by atoms with Gasteiger partial charge in [0.05, 0.1) is 12.8 Å². The second kappa shape index (κ2) is 6.42. The molecule has 0 aliphatic heterocycles. The number of hydrogen-bond acceptors (Lipinski definition) is 5. The fourth-order valence-corrected chi connectivity index (χ4v) is 2.18. The second-order valence-corrected chi connectivity index (χ2v) is 4.93. The monoisotopic (exact) mass is 302 g/mol. The van der Waals surface area contributed by atoms with E-state index in [0.29, 0.717) is 28.7 Å². The Morgan fingerprint density at radius 2 is 2.10 bits per heavy atom. The zero-order chi connectivity index (χ0) is 15.4. The highest BCUT2D eigenvalue weighted by atomic mass is 35.5. The van der Waals surface area contributed by atoms with Gasteiger partial charge in [-0.3, -0.25) is 0 Å². The van der Waals surface area contributed by atoms with Crippen LogP contribution in [0.3, 0.4) is 0 Å². The Kier molecular flexibility index (Phi) is 4.61. The van der Waals surface area contributed by atoms with Crippen molar-refractivity contribution in [1.29, 1.82) is 5.26 Å². The van der Waals surface area contributed by atoms with E-state index in [4.69, 9.17) is 16.3 Å². The summed E-state index contributed by atoms with van der Waals surface area (Å²) >= 11 is 6.18. The fraction of sp³-hybridized carbons (Fsp3) is 0.267. The molecule has 0 spiro atoms. The first kappa shape index (κ1) is 15.1. The summed E-state index contributed by atoms with van der Waals surface area (Å²) in [5.41, 5.74) is 2.87. The smallest absolute Gasteiger partial charge is 0.167 e. The van der Waals surface area contributed by atoms with Crippen LogP contribution in [-0.4, -0.2) is 17.3 Å². The van der Waals surface area contributed by atoms with Crippen LogP contribution in [0.4, 0.5) is 5.82 Å². The second-order valence-electron chi connectivity index (χ2n) is 4.52. The van der Waals surface area contributed by atoms with Crippen molar-refractivity contribution in [2.45, 2.75) is 20.4 Å². The minimum atomic E-state index is 0.398. The van der Waals surface area contributed by atoms with Gasteiger partial charge < -0.3 is 10.1 Å². The predicted octanol–water partition coefficient (Wildman–Crippen LogP) is 3.24. The molecule has 2 rings (SSSR count). The maximum absolute atomic E-state index is 9.27. The summed E-state index contributed by atoms with van der Waals surface area (Å²) in [5, 5.41) is 21.0. The minimum absolute atomic E-state index is 0.398. The third-order valence-corrected chi connectivity index (χ3v) is 3.65. The van der Waals surface area contributed by atoms with E-state index in [1.807, 2.05) is 26.0 Å². The number of nitriles is 1. The van der Waals surface area contributed by atoms with E-state index in [-0.39, 0.29) is 0 Å². The quantitative estimate of drug-likeness (QED) is 0.938. The van der Waals surface area contributed by atoms with Crippen molar-refractivity contribution in [3.8, 4) is 11.8 Å². The van der Waals surface area contributed by atoms with Crippen molar-refractivity contribution in [1.82, 2.24) is 10.2 Å². The summed E-state index contributed by atoms with van der Waals surface area (Å²) in [6, 6.07) is 7.60. The lowest BCUT2D eigenvalue weighted by atomic mass is 10.1. The summed E-state index contributed by atoms with van der Waals surface area (Å²) in [7, 11) is 1.59. The maximum Gasteiger partial charge on any atom is 0.167 e. The molecule has 5 nitrogen and oxygen atoms in total. The summed E-state index contributed by atoms with van der Waals surface area (Å²) in [6.07, 6.45) is 0. The number of nitrogens with one attached hydrogen (secondary N) is 1. The van der Waals surface area contributed by atoms with Gasteiger partial charge in [-0.2, -0.15) is 10.4 Å². The minimum Gasteiger partial charge on any atom is -0.496 e. The van der Waals surface area contributed by atoms with Crippen molar-refractivity contribution >= 4 is 17.4 Å². The van der Waals surface area contributed by atoms with Crippen LogP contribution in [-0.2, 0) is 6.54 Å². The molecule has 0 radical (unpaired) electrons. The van der Waals surface area contributed by atoms with E-state index in [9.17, 15) is 5.26 Å². The third kappa shape index (κ3) is 3.06. The van der Waals surface area contributed by atoms with E-state index >= 15 is 0 Å². The lowest BCUT2D eigenvalue weighted by molar-refractivity contribution is 0.410. The Morgan fingerprint density at radius 3 is 2.76 bits per heavy atom. The summed E-state index contributed by atoms with van der Waals surface area (Å²) in [4.78, 5) is 0. The highest BCUT2D eigenvalue weighted by molar-refractivity contribution is 6.31. The normalized spacial score (nSPS) is 10.0. The van der Waals surface area contributed by atoms with Crippen LogP contribution in [0, 0.1) is 25.2 Å². The molecule has 0 atom stereocenters. The number of methoxy groups -OCH3 is 1. The van der Waals surface area contributed by atoms with Crippen molar-refractivity contribution < 1.29 is 4.74 Å². The Balaban J connectivity index is 2.30. The van der Waals surface area contributed by atoms with Crippen LogP contribution in [0.2, 0.25) is 5.02 Å². The molecule has 0 unspecified atom stereocenters. The largest absolute Gasteiger partial charge is 0.496 e. The molecule has 0 bridgehead atoms. The van der Waals surface area contributed by atoms with Gasteiger partial charge in [0.1, 0.15) is 17.4 Å². The molecule has 21 heavy (non-hydrogen) atoms. The Labute approximate surface area is 128 Å². The zero-order valence-electron chi connectivity index (χ0n) is 12.1. The number of benzene rings is 1. The number of halogens is 1. The molecule has 0 fully saturated rings. The molecular weight excluding hydrogens is 288 g/mol. The molecule has 2 aromatic rings. The molecule has 0 aliphatic carbocycles. The van der Waals surface area contributed by atoms with Crippen LogP contribution in [0.25, 0.3) is 0 Å². The molecule has 1 aromatic carbocycles. The van der Waals surface area contributed by atoms with Gasteiger partial charge in [0.2, 0.25) is 0 Å².